The third-order valence-electron chi connectivity index (χ3n) is 2.85. The van der Waals surface area contributed by atoms with Gasteiger partial charge in [0.1, 0.15) is 5.82 Å². The Bertz CT molecular complexity index is 401. The van der Waals surface area contributed by atoms with Crippen LogP contribution in [0.15, 0.2) is 12.3 Å². The van der Waals surface area contributed by atoms with Gasteiger partial charge in [0.05, 0.1) is 0 Å². The summed E-state index contributed by atoms with van der Waals surface area (Å²) in [6, 6.07) is 1.94. The van der Waals surface area contributed by atoms with Crippen LogP contribution in [-0.4, -0.2) is 35.0 Å². The van der Waals surface area contributed by atoms with Crippen molar-refractivity contribution in [3.05, 3.63) is 12.3 Å². The average molecular weight is 235 g/mol. The Morgan fingerprint density at radius 2 is 2.24 bits per heavy atom. The van der Waals surface area contributed by atoms with Crippen LogP contribution in [0.25, 0.3) is 0 Å². The number of rotatable bonds is 2. The molecule has 1 aliphatic heterocycles. The molecule has 1 fully saturated rings. The minimum atomic E-state index is 0.0312. The van der Waals surface area contributed by atoms with Crippen molar-refractivity contribution in [2.24, 2.45) is 0 Å². The van der Waals surface area contributed by atoms with Gasteiger partial charge in [0.25, 0.3) is 0 Å². The molecule has 0 spiro atoms. The van der Waals surface area contributed by atoms with Crippen LogP contribution in [0.2, 0.25) is 0 Å². The third kappa shape index (κ3) is 3.05. The predicted octanol–water partition coefficient (Wildman–Crippen LogP) is 0.164. The number of carbonyl (C=O) groups excluding carboxylic acids is 1. The number of piperidine rings is 1. The second-order valence-electron chi connectivity index (χ2n) is 4.24. The first-order chi connectivity index (χ1) is 8.15. The van der Waals surface area contributed by atoms with Gasteiger partial charge in [-0.2, -0.15) is 4.98 Å². The standard InChI is InChI=1S/C11H17N5O/c1-8(17)14-9-3-6-16(7-4-9)11-13-5-2-10(12)15-11/h2,5,9H,3-4,6-7H2,1H3,(H,14,17)(H2,12,13,15). The Balaban J connectivity index is 1.93. The van der Waals surface area contributed by atoms with Gasteiger partial charge in [0, 0.05) is 32.3 Å². The van der Waals surface area contributed by atoms with Crippen molar-refractivity contribution in [1.82, 2.24) is 15.3 Å². The number of hydrogen-bond donors (Lipinski definition) is 2. The van der Waals surface area contributed by atoms with Gasteiger partial charge in [-0.05, 0) is 18.9 Å². The van der Waals surface area contributed by atoms with Crippen molar-refractivity contribution in [3.63, 3.8) is 0 Å². The maximum absolute atomic E-state index is 10.9. The van der Waals surface area contributed by atoms with Crippen molar-refractivity contribution < 1.29 is 4.79 Å². The van der Waals surface area contributed by atoms with Gasteiger partial charge in [0.15, 0.2) is 0 Å². The number of aromatic nitrogens is 2. The Labute approximate surface area is 100 Å². The summed E-state index contributed by atoms with van der Waals surface area (Å²) in [7, 11) is 0. The monoisotopic (exact) mass is 235 g/mol. The van der Waals surface area contributed by atoms with Gasteiger partial charge in [-0.25, -0.2) is 4.98 Å². The Morgan fingerprint density at radius 3 is 2.82 bits per heavy atom. The molecule has 0 saturated carbocycles. The summed E-state index contributed by atoms with van der Waals surface area (Å²) < 4.78 is 0. The number of nitrogen functional groups attached to an aromatic ring is 1. The van der Waals surface area contributed by atoms with Crippen LogP contribution in [-0.2, 0) is 4.79 Å². The molecule has 0 radical (unpaired) electrons. The molecule has 1 amide bonds. The van der Waals surface area contributed by atoms with Crippen LogP contribution in [0.3, 0.4) is 0 Å². The quantitative estimate of drug-likeness (QED) is 0.763. The summed E-state index contributed by atoms with van der Waals surface area (Å²) in [4.78, 5) is 21.4. The van der Waals surface area contributed by atoms with E-state index in [1.807, 2.05) is 0 Å². The van der Waals surface area contributed by atoms with E-state index in [2.05, 4.69) is 20.2 Å². The molecule has 17 heavy (non-hydrogen) atoms. The van der Waals surface area contributed by atoms with E-state index in [4.69, 9.17) is 5.73 Å². The summed E-state index contributed by atoms with van der Waals surface area (Å²) in [6.07, 6.45) is 3.49. The summed E-state index contributed by atoms with van der Waals surface area (Å²) in [6.45, 7) is 3.23. The van der Waals surface area contributed by atoms with Crippen molar-refractivity contribution in [3.8, 4) is 0 Å². The van der Waals surface area contributed by atoms with Crippen molar-refractivity contribution in [2.45, 2.75) is 25.8 Å². The molecule has 6 nitrogen and oxygen atoms in total. The number of anilines is 2. The van der Waals surface area contributed by atoms with Crippen LogP contribution < -0.4 is 16.0 Å². The molecule has 3 N–H and O–H groups in total. The Morgan fingerprint density at radius 1 is 1.53 bits per heavy atom. The number of nitrogens with zero attached hydrogens (tertiary/aromatic N) is 3. The normalized spacial score (nSPS) is 16.9. The van der Waals surface area contributed by atoms with E-state index in [1.165, 1.54) is 0 Å². The molecule has 6 heteroatoms. The highest BCUT2D eigenvalue weighted by molar-refractivity contribution is 5.73. The van der Waals surface area contributed by atoms with Crippen LogP contribution >= 0.6 is 0 Å². The highest BCUT2D eigenvalue weighted by atomic mass is 16.1. The van der Waals surface area contributed by atoms with Crippen LogP contribution in [0.4, 0.5) is 11.8 Å². The molecule has 0 aromatic carbocycles. The molecule has 0 atom stereocenters. The fourth-order valence-corrected chi connectivity index (χ4v) is 2.03. The fourth-order valence-electron chi connectivity index (χ4n) is 2.03. The van der Waals surface area contributed by atoms with E-state index in [1.54, 1.807) is 19.2 Å². The fraction of sp³-hybridized carbons (Fsp3) is 0.545. The lowest BCUT2D eigenvalue weighted by Gasteiger charge is -2.32. The highest BCUT2D eigenvalue weighted by Gasteiger charge is 2.21. The predicted molar refractivity (Wildman–Crippen MR) is 65.5 cm³/mol. The molecule has 92 valence electrons. The van der Waals surface area contributed by atoms with Gasteiger partial charge in [-0.3, -0.25) is 4.79 Å². The van der Waals surface area contributed by atoms with E-state index < -0.39 is 0 Å². The zero-order valence-corrected chi connectivity index (χ0v) is 9.89. The van der Waals surface area contributed by atoms with Gasteiger partial charge in [0.2, 0.25) is 11.9 Å². The molecule has 1 aliphatic rings. The molecule has 1 saturated heterocycles. The molecule has 0 aliphatic carbocycles. The summed E-state index contributed by atoms with van der Waals surface area (Å²) >= 11 is 0. The maximum Gasteiger partial charge on any atom is 0.227 e. The minimum Gasteiger partial charge on any atom is -0.384 e. The number of nitrogens with two attached hydrogens (primary N) is 1. The molecule has 2 rings (SSSR count). The SMILES string of the molecule is CC(=O)NC1CCN(c2nccc(N)n2)CC1. The van der Waals surface area contributed by atoms with E-state index >= 15 is 0 Å². The Hall–Kier alpha value is -1.85. The third-order valence-corrected chi connectivity index (χ3v) is 2.85. The lowest BCUT2D eigenvalue weighted by atomic mass is 10.1. The Kier molecular flexibility index (Phi) is 3.41. The lowest BCUT2D eigenvalue weighted by molar-refractivity contribution is -0.119. The van der Waals surface area contributed by atoms with Crippen molar-refractivity contribution >= 4 is 17.7 Å². The smallest absolute Gasteiger partial charge is 0.227 e. The number of nitrogens with one attached hydrogen (secondary N) is 1. The van der Waals surface area contributed by atoms with Crippen LogP contribution in [0, 0.1) is 0 Å². The number of amides is 1. The second kappa shape index (κ2) is 4.99. The lowest BCUT2D eigenvalue weighted by Crippen LogP contribution is -2.44. The zero-order chi connectivity index (χ0) is 12.3. The molecule has 1 aromatic heterocycles. The first-order valence-corrected chi connectivity index (χ1v) is 5.76. The number of hydrogen-bond acceptors (Lipinski definition) is 5. The van der Waals surface area contributed by atoms with E-state index in [9.17, 15) is 4.79 Å². The summed E-state index contributed by atoms with van der Waals surface area (Å²) in [5, 5.41) is 2.93. The largest absolute Gasteiger partial charge is 0.384 e. The zero-order valence-electron chi connectivity index (χ0n) is 9.89. The van der Waals surface area contributed by atoms with Gasteiger partial charge < -0.3 is 16.0 Å². The second-order valence-corrected chi connectivity index (χ2v) is 4.24. The van der Waals surface area contributed by atoms with Crippen molar-refractivity contribution in [2.75, 3.05) is 23.7 Å². The van der Waals surface area contributed by atoms with E-state index in [0.717, 1.165) is 25.9 Å². The van der Waals surface area contributed by atoms with Crippen LogP contribution in [0.1, 0.15) is 19.8 Å². The average Bonchev–Trinajstić information content (AvgIpc) is 2.29. The molecule has 0 unspecified atom stereocenters. The van der Waals surface area contributed by atoms with Gasteiger partial charge >= 0.3 is 0 Å². The molecular weight excluding hydrogens is 218 g/mol. The topological polar surface area (TPSA) is 84.1 Å². The van der Waals surface area contributed by atoms with E-state index in [-0.39, 0.29) is 11.9 Å². The maximum atomic E-state index is 10.9. The highest BCUT2D eigenvalue weighted by Crippen LogP contribution is 2.16. The molecule has 2 heterocycles. The van der Waals surface area contributed by atoms with Crippen molar-refractivity contribution in [1.29, 1.82) is 0 Å². The van der Waals surface area contributed by atoms with Gasteiger partial charge in [-0.15, -0.1) is 0 Å². The van der Waals surface area contributed by atoms with E-state index in [0.29, 0.717) is 11.8 Å². The molecule has 1 aromatic rings. The molecule has 0 bridgehead atoms. The first-order valence-electron chi connectivity index (χ1n) is 5.76. The first kappa shape index (κ1) is 11.6. The van der Waals surface area contributed by atoms with Crippen LogP contribution in [0.5, 0.6) is 0 Å². The summed E-state index contributed by atoms with van der Waals surface area (Å²) in [5.74, 6) is 1.19. The van der Waals surface area contributed by atoms with Gasteiger partial charge in [-0.1, -0.05) is 0 Å². The molecular formula is C11H17N5O. The summed E-state index contributed by atoms with van der Waals surface area (Å²) in [5.41, 5.74) is 5.62. The number of carbonyl (C=O) groups is 1. The minimum absolute atomic E-state index is 0.0312.